The first-order chi connectivity index (χ1) is 3.11. The molecule has 0 radical (unpaired) electrons. The monoisotopic (exact) mass is 156 g/mol. The topological polar surface area (TPSA) is 66.9 Å². The molecule has 1 rings (SSSR count). The summed E-state index contributed by atoms with van der Waals surface area (Å²) in [5.74, 6) is 0. The summed E-state index contributed by atoms with van der Waals surface area (Å²) in [5.41, 5.74) is 0. The molecule has 1 aliphatic rings. The third-order valence-corrected chi connectivity index (χ3v) is 2.48. The van der Waals surface area contributed by atoms with Gasteiger partial charge in [0, 0.05) is 0 Å². The van der Waals surface area contributed by atoms with Crippen LogP contribution in [0.3, 0.4) is 0 Å². The molecule has 0 heterocycles. The Morgan fingerprint density at radius 1 is 1.62 bits per heavy atom. The highest BCUT2D eigenvalue weighted by atomic mass is 35.5. The minimum Gasteiger partial charge on any atom is -0.245 e. The highest BCUT2D eigenvalue weighted by Gasteiger charge is 2.29. The van der Waals surface area contributed by atoms with Gasteiger partial charge in [-0.3, -0.25) is 0 Å². The Labute approximate surface area is 55.2 Å². The van der Waals surface area contributed by atoms with Crippen molar-refractivity contribution in [1.82, 2.24) is 0 Å². The standard InChI is InChI=1S/C3H8N2OS.ClH/c4-7(5,6)3-1-2-3;/h3H,1-2H2,(H3,4,5,6);1H. The third kappa shape index (κ3) is 1.98. The lowest BCUT2D eigenvalue weighted by molar-refractivity contribution is 0.675. The fourth-order valence-electron chi connectivity index (χ4n) is 0.418. The normalized spacial score (nSPS) is 25.6. The van der Waals surface area contributed by atoms with E-state index < -0.39 is 9.92 Å². The summed E-state index contributed by atoms with van der Waals surface area (Å²) in [4.78, 5) is 0. The Morgan fingerprint density at radius 3 is 2.00 bits per heavy atom. The zero-order chi connectivity index (χ0) is 5.49. The highest BCUT2D eigenvalue weighted by molar-refractivity contribution is 7.91. The van der Waals surface area contributed by atoms with Gasteiger partial charge in [0.2, 0.25) is 0 Å². The van der Waals surface area contributed by atoms with Crippen molar-refractivity contribution < 1.29 is 4.21 Å². The average Bonchev–Trinajstić information content (AvgIpc) is 1.99. The largest absolute Gasteiger partial charge is 0.245 e. The van der Waals surface area contributed by atoms with Gasteiger partial charge < -0.3 is 0 Å². The van der Waals surface area contributed by atoms with Gasteiger partial charge in [0.05, 0.1) is 5.25 Å². The van der Waals surface area contributed by atoms with E-state index in [1.54, 1.807) is 0 Å². The molecule has 5 heteroatoms. The maximum Gasteiger partial charge on any atom is 0.105 e. The van der Waals surface area contributed by atoms with Crippen LogP contribution in [0.1, 0.15) is 12.8 Å². The van der Waals surface area contributed by atoms with Crippen LogP contribution < -0.4 is 5.14 Å². The molecule has 1 fully saturated rings. The van der Waals surface area contributed by atoms with Crippen LogP contribution in [0.15, 0.2) is 0 Å². The van der Waals surface area contributed by atoms with E-state index in [0.717, 1.165) is 12.8 Å². The van der Waals surface area contributed by atoms with E-state index in [1.165, 1.54) is 0 Å². The molecule has 8 heavy (non-hydrogen) atoms. The highest BCUT2D eigenvalue weighted by Crippen LogP contribution is 2.26. The Morgan fingerprint density at radius 2 is 2.00 bits per heavy atom. The summed E-state index contributed by atoms with van der Waals surface area (Å²) >= 11 is 0. The lowest BCUT2D eigenvalue weighted by atomic mass is 11.0. The smallest absolute Gasteiger partial charge is 0.105 e. The second-order valence-corrected chi connectivity index (χ2v) is 3.81. The van der Waals surface area contributed by atoms with E-state index >= 15 is 0 Å². The van der Waals surface area contributed by atoms with Gasteiger partial charge in [0.15, 0.2) is 0 Å². The van der Waals surface area contributed by atoms with E-state index in [2.05, 4.69) is 0 Å². The lowest BCUT2D eigenvalue weighted by Crippen LogP contribution is -2.14. The number of nitrogens with two attached hydrogens (primary N) is 1. The summed E-state index contributed by atoms with van der Waals surface area (Å²) in [5, 5.41) is 4.96. The van der Waals surface area contributed by atoms with Gasteiger partial charge in [0.1, 0.15) is 9.92 Å². The zero-order valence-electron chi connectivity index (χ0n) is 4.29. The van der Waals surface area contributed by atoms with Crippen LogP contribution in [0.5, 0.6) is 0 Å². The van der Waals surface area contributed by atoms with Crippen LogP contribution in [-0.2, 0) is 9.92 Å². The molecular formula is C3H9ClN2OS. The fraction of sp³-hybridized carbons (Fsp3) is 1.00. The van der Waals surface area contributed by atoms with Crippen molar-refractivity contribution >= 4 is 22.3 Å². The van der Waals surface area contributed by atoms with E-state index in [4.69, 9.17) is 9.92 Å². The average molecular weight is 157 g/mol. The maximum absolute atomic E-state index is 10.4. The number of hydrogen-bond donors (Lipinski definition) is 2. The SMILES string of the molecule is Cl.N=S(N)(=O)C1CC1. The molecule has 0 spiro atoms. The predicted molar refractivity (Wildman–Crippen MR) is 35.3 cm³/mol. The van der Waals surface area contributed by atoms with Gasteiger partial charge in [-0.2, -0.15) is 0 Å². The van der Waals surface area contributed by atoms with E-state index in [9.17, 15) is 4.21 Å². The molecular weight excluding hydrogens is 148 g/mol. The van der Waals surface area contributed by atoms with Crippen molar-refractivity contribution in [2.75, 3.05) is 0 Å². The van der Waals surface area contributed by atoms with Crippen molar-refractivity contribution in [1.29, 1.82) is 4.78 Å². The summed E-state index contributed by atoms with van der Waals surface area (Å²) in [6.07, 6.45) is 1.78. The molecule has 1 atom stereocenters. The van der Waals surface area contributed by atoms with Crippen LogP contribution in [-0.4, -0.2) is 9.46 Å². The molecule has 0 amide bonds. The first kappa shape index (κ1) is 8.20. The minimum atomic E-state index is -2.63. The van der Waals surface area contributed by atoms with Crippen LogP contribution in [0.25, 0.3) is 0 Å². The Kier molecular flexibility index (Phi) is 2.26. The van der Waals surface area contributed by atoms with Crippen molar-refractivity contribution in [3.8, 4) is 0 Å². The molecule has 50 valence electrons. The third-order valence-electron chi connectivity index (χ3n) is 1.02. The molecule has 0 saturated heterocycles. The molecule has 0 aromatic carbocycles. The van der Waals surface area contributed by atoms with Crippen LogP contribution in [0, 0.1) is 4.78 Å². The summed E-state index contributed by atoms with van der Waals surface area (Å²) in [6.45, 7) is 0. The van der Waals surface area contributed by atoms with Gasteiger partial charge in [-0.15, -0.1) is 12.4 Å². The van der Waals surface area contributed by atoms with Crippen molar-refractivity contribution in [2.24, 2.45) is 5.14 Å². The molecule has 1 aliphatic carbocycles. The zero-order valence-corrected chi connectivity index (χ0v) is 5.93. The number of nitrogens with one attached hydrogen (secondary N) is 1. The van der Waals surface area contributed by atoms with Crippen LogP contribution in [0.2, 0.25) is 0 Å². The molecule has 3 N–H and O–H groups in total. The number of halogens is 1. The molecule has 1 saturated carbocycles. The van der Waals surface area contributed by atoms with Gasteiger partial charge in [-0.25, -0.2) is 14.1 Å². The summed E-state index contributed by atoms with van der Waals surface area (Å²) in [7, 11) is -2.63. The van der Waals surface area contributed by atoms with Gasteiger partial charge >= 0.3 is 0 Å². The molecule has 0 aliphatic heterocycles. The minimum absolute atomic E-state index is 0. The summed E-state index contributed by atoms with van der Waals surface area (Å²) < 4.78 is 17.1. The van der Waals surface area contributed by atoms with E-state index in [0.29, 0.717) is 0 Å². The maximum atomic E-state index is 10.4. The van der Waals surface area contributed by atoms with Gasteiger partial charge in [0.25, 0.3) is 0 Å². The van der Waals surface area contributed by atoms with E-state index in [1.807, 2.05) is 0 Å². The van der Waals surface area contributed by atoms with Crippen molar-refractivity contribution in [2.45, 2.75) is 18.1 Å². The van der Waals surface area contributed by atoms with Crippen LogP contribution in [0.4, 0.5) is 0 Å². The first-order valence-corrected chi connectivity index (χ1v) is 3.84. The fourth-order valence-corrected chi connectivity index (χ4v) is 1.25. The summed E-state index contributed by atoms with van der Waals surface area (Å²) in [6, 6.07) is 0. The Hall–Kier alpha value is 0.200. The second kappa shape index (κ2) is 2.21. The predicted octanol–water partition coefficient (Wildman–Crippen LogP) is 0.491. The Balaban J connectivity index is 0.000000490. The van der Waals surface area contributed by atoms with Crippen molar-refractivity contribution in [3.05, 3.63) is 0 Å². The van der Waals surface area contributed by atoms with Gasteiger partial charge in [-0.05, 0) is 12.8 Å². The number of rotatable bonds is 1. The molecule has 0 aromatic rings. The van der Waals surface area contributed by atoms with Crippen LogP contribution >= 0.6 is 12.4 Å². The van der Waals surface area contributed by atoms with Crippen molar-refractivity contribution in [3.63, 3.8) is 0 Å². The molecule has 1 unspecified atom stereocenters. The van der Waals surface area contributed by atoms with Gasteiger partial charge in [-0.1, -0.05) is 0 Å². The molecule has 3 nitrogen and oxygen atoms in total. The quantitative estimate of drug-likeness (QED) is 0.570. The number of hydrogen-bond acceptors (Lipinski definition) is 2. The first-order valence-electron chi connectivity index (χ1n) is 2.16. The lowest BCUT2D eigenvalue weighted by Gasteiger charge is -1.90. The second-order valence-electron chi connectivity index (χ2n) is 1.85. The molecule has 0 bridgehead atoms. The Bertz CT molecular complexity index is 160. The van der Waals surface area contributed by atoms with E-state index in [-0.39, 0.29) is 17.7 Å². The molecule has 0 aromatic heterocycles.